The Kier molecular flexibility index (Phi) is 10.6. The number of hydrogen-bond donors (Lipinski definition) is 1. The summed E-state index contributed by atoms with van der Waals surface area (Å²) in [6.45, 7) is 6.43. The maximum Gasteiger partial charge on any atom is 0.305 e. The minimum Gasteiger partial charge on any atom is -0.496 e. The van der Waals surface area contributed by atoms with Crippen LogP contribution in [0.1, 0.15) is 58.1 Å². The van der Waals surface area contributed by atoms with E-state index < -0.39 is 25.3 Å². The Morgan fingerprint density at radius 3 is 2.16 bits per heavy atom. The Balaban J connectivity index is 1.77. The molecule has 0 heterocycles. The molecule has 0 aliphatic rings. The topological polar surface area (TPSA) is 65.0 Å². The van der Waals surface area contributed by atoms with Crippen LogP contribution < -0.4 is 15.1 Å². The summed E-state index contributed by atoms with van der Waals surface area (Å²) in [5.41, 5.74) is 0.496. The van der Waals surface area contributed by atoms with Crippen LogP contribution >= 0.6 is 0 Å². The molecule has 0 spiro atoms. The van der Waals surface area contributed by atoms with Crippen LogP contribution in [0.5, 0.6) is 5.75 Å². The van der Waals surface area contributed by atoms with Gasteiger partial charge < -0.3 is 19.0 Å². The molecule has 0 aliphatic heterocycles. The summed E-state index contributed by atoms with van der Waals surface area (Å²) in [6.07, 6.45) is 1.66. The number of methoxy groups -OCH3 is 1. The zero-order chi connectivity index (χ0) is 27.6. The molecule has 0 bridgehead atoms. The summed E-state index contributed by atoms with van der Waals surface area (Å²) >= 11 is 0. The number of halogens is 1. The number of carbonyl (C=O) groups excluding carboxylic acids is 1. The third kappa shape index (κ3) is 7.10. The number of rotatable bonds is 14. The van der Waals surface area contributed by atoms with Crippen LogP contribution in [-0.4, -0.2) is 39.4 Å². The predicted molar refractivity (Wildman–Crippen MR) is 151 cm³/mol. The van der Waals surface area contributed by atoms with Crippen molar-refractivity contribution >= 4 is 24.7 Å². The molecule has 3 aromatic carbocycles. The van der Waals surface area contributed by atoms with E-state index in [-0.39, 0.29) is 12.6 Å². The lowest BCUT2D eigenvalue weighted by Gasteiger charge is -2.41. The summed E-state index contributed by atoms with van der Waals surface area (Å²) in [5, 5.41) is 1.50. The maximum atomic E-state index is 14.1. The molecule has 0 fully saturated rings. The van der Waals surface area contributed by atoms with Gasteiger partial charge in [0.2, 0.25) is 0 Å². The van der Waals surface area contributed by atoms with E-state index in [4.69, 9.17) is 14.2 Å². The Morgan fingerprint density at radius 2 is 1.61 bits per heavy atom. The van der Waals surface area contributed by atoms with Crippen LogP contribution in [-0.2, 0) is 14.3 Å². The molecule has 0 saturated carbocycles. The van der Waals surface area contributed by atoms with Crippen molar-refractivity contribution in [1.82, 2.24) is 0 Å². The van der Waals surface area contributed by atoms with Crippen LogP contribution in [0, 0.1) is 5.82 Å². The highest BCUT2D eigenvalue weighted by Crippen LogP contribution is 2.40. The molecule has 0 saturated heterocycles. The lowest BCUT2D eigenvalue weighted by molar-refractivity contribution is -0.148. The first-order valence-electron chi connectivity index (χ1n) is 13.2. The molecule has 0 radical (unpaired) electrons. The molecule has 38 heavy (non-hydrogen) atoms. The number of hydrogen-bond acceptors (Lipinski definition) is 5. The Morgan fingerprint density at radius 1 is 1.00 bits per heavy atom. The fourth-order valence-corrected chi connectivity index (χ4v) is 8.64. The Hall–Kier alpha value is -3.00. The van der Waals surface area contributed by atoms with Crippen LogP contribution in [0.3, 0.4) is 0 Å². The minimum atomic E-state index is -3.13. The fourth-order valence-electron chi connectivity index (χ4n) is 4.86. The van der Waals surface area contributed by atoms with Gasteiger partial charge in [-0.25, -0.2) is 4.39 Å². The fraction of sp³-hybridized carbons (Fsp3) is 0.387. The zero-order valence-electron chi connectivity index (χ0n) is 22.8. The summed E-state index contributed by atoms with van der Waals surface area (Å²) in [6, 6.07) is 24.0. The van der Waals surface area contributed by atoms with Crippen LogP contribution in [0.15, 0.2) is 78.9 Å². The first-order valence-corrected chi connectivity index (χ1v) is 15.1. The number of carbonyl (C=O) groups is 1. The first kappa shape index (κ1) is 29.6. The second kappa shape index (κ2) is 13.7. The van der Waals surface area contributed by atoms with E-state index in [1.165, 1.54) is 19.2 Å². The Labute approximate surface area is 226 Å². The highest BCUT2D eigenvalue weighted by molar-refractivity contribution is 6.98. The van der Waals surface area contributed by atoms with Crippen molar-refractivity contribution in [1.29, 1.82) is 0 Å². The molecule has 0 aliphatic carbocycles. The number of ether oxygens (including phenoxy) is 3. The Bertz CT molecular complexity index is 1110. The van der Waals surface area contributed by atoms with Crippen molar-refractivity contribution in [3.05, 3.63) is 90.2 Å². The maximum absolute atomic E-state index is 14.1. The van der Waals surface area contributed by atoms with E-state index in [9.17, 15) is 14.0 Å². The van der Waals surface area contributed by atoms with Gasteiger partial charge in [0.1, 0.15) is 24.3 Å². The van der Waals surface area contributed by atoms with Crippen molar-refractivity contribution < 1.29 is 28.2 Å². The van der Waals surface area contributed by atoms with E-state index in [0.29, 0.717) is 43.6 Å². The number of benzene rings is 3. The first-order chi connectivity index (χ1) is 18.2. The van der Waals surface area contributed by atoms with E-state index in [1.807, 2.05) is 67.6 Å². The molecule has 7 heteroatoms. The van der Waals surface area contributed by atoms with Crippen molar-refractivity contribution in [2.45, 2.75) is 57.6 Å². The molecule has 1 N–H and O–H groups in total. The van der Waals surface area contributed by atoms with Gasteiger partial charge in [0, 0.05) is 18.6 Å². The van der Waals surface area contributed by atoms with Gasteiger partial charge in [-0.1, -0.05) is 81.4 Å². The molecule has 5 nitrogen and oxygen atoms in total. The lowest BCUT2D eigenvalue weighted by atomic mass is 10.1. The van der Waals surface area contributed by atoms with Gasteiger partial charge >= 0.3 is 5.97 Å². The zero-order valence-corrected chi connectivity index (χ0v) is 23.8. The van der Waals surface area contributed by atoms with E-state index in [2.05, 4.69) is 13.8 Å². The quantitative estimate of drug-likeness (QED) is 0.166. The molecule has 0 amide bonds. The lowest BCUT2D eigenvalue weighted by Crippen LogP contribution is -2.65. The van der Waals surface area contributed by atoms with Crippen LogP contribution in [0.4, 0.5) is 4.39 Å². The number of esters is 1. The monoisotopic (exact) mass is 538 g/mol. The molecule has 0 unspecified atom stereocenters. The van der Waals surface area contributed by atoms with Gasteiger partial charge in [-0.3, -0.25) is 4.79 Å². The molecule has 0 aromatic heterocycles. The molecular weight excluding hydrogens is 499 g/mol. The summed E-state index contributed by atoms with van der Waals surface area (Å²) in [4.78, 5) is 24.4. The normalized spacial score (nSPS) is 12.7. The average molecular weight is 539 g/mol. The standard InChI is InChI=1S/C31H39FO5Si/c1-5-13-30(33)37-23-29(27-22-24(32)18-19-28(27)35-4)36-21-12-20-31(2,3)38(34,25-14-8-6-9-15-25)26-16-10-7-11-17-26/h6-11,14-19,22,29,34H,5,12-13,20-21,23H2,1-4H3/t29-/m0/s1. The molecule has 3 aromatic rings. The van der Waals surface area contributed by atoms with Crippen molar-refractivity contribution in [3.63, 3.8) is 0 Å². The minimum absolute atomic E-state index is 0.0330. The third-order valence-electron chi connectivity index (χ3n) is 7.02. The second-order valence-corrected chi connectivity index (χ2v) is 14.0. The van der Waals surface area contributed by atoms with Gasteiger partial charge in [0.15, 0.2) is 0 Å². The summed E-state index contributed by atoms with van der Waals surface area (Å²) in [7, 11) is -1.61. The third-order valence-corrected chi connectivity index (χ3v) is 11.6. The predicted octanol–water partition coefficient (Wildman–Crippen LogP) is 5.55. The largest absolute Gasteiger partial charge is 0.496 e. The van der Waals surface area contributed by atoms with Crippen LogP contribution in [0.25, 0.3) is 0 Å². The van der Waals surface area contributed by atoms with E-state index in [1.54, 1.807) is 6.07 Å². The summed E-state index contributed by atoms with van der Waals surface area (Å²) in [5.74, 6) is -0.269. The smallest absolute Gasteiger partial charge is 0.305 e. The average Bonchev–Trinajstić information content (AvgIpc) is 2.93. The highest BCUT2D eigenvalue weighted by atomic mass is 28.4. The molecule has 3 rings (SSSR count). The van der Waals surface area contributed by atoms with Gasteiger partial charge in [0.05, 0.1) is 7.11 Å². The van der Waals surface area contributed by atoms with Crippen molar-refractivity contribution in [3.8, 4) is 5.75 Å². The highest BCUT2D eigenvalue weighted by Gasteiger charge is 2.49. The van der Waals surface area contributed by atoms with Gasteiger partial charge in [-0.2, -0.15) is 0 Å². The molecular formula is C31H39FO5Si. The van der Waals surface area contributed by atoms with Gasteiger partial charge in [-0.05, 0) is 52.9 Å². The SMILES string of the molecule is CCCC(=O)OC[C@H](OCCCC(C)(C)[Si](O)(c1ccccc1)c1ccccc1)c1cc(F)ccc1OC. The van der Waals surface area contributed by atoms with Crippen molar-refractivity contribution in [2.75, 3.05) is 20.3 Å². The molecule has 1 atom stereocenters. The van der Waals surface area contributed by atoms with Crippen molar-refractivity contribution in [2.24, 2.45) is 0 Å². The van der Waals surface area contributed by atoms with E-state index >= 15 is 0 Å². The van der Waals surface area contributed by atoms with Gasteiger partial charge in [-0.15, -0.1) is 0 Å². The second-order valence-electron chi connectivity index (χ2n) is 10.1. The molecule has 204 valence electrons. The van der Waals surface area contributed by atoms with Gasteiger partial charge in [0.25, 0.3) is 8.32 Å². The van der Waals surface area contributed by atoms with Crippen LogP contribution in [0.2, 0.25) is 5.04 Å². The van der Waals surface area contributed by atoms with E-state index in [0.717, 1.165) is 10.4 Å². The summed E-state index contributed by atoms with van der Waals surface area (Å²) < 4.78 is 31.2.